The van der Waals surface area contributed by atoms with Gasteiger partial charge >= 0.3 is 0 Å². The van der Waals surface area contributed by atoms with Crippen molar-refractivity contribution in [3.8, 4) is 5.75 Å². The molecule has 0 unspecified atom stereocenters. The van der Waals surface area contributed by atoms with Gasteiger partial charge in [-0.05, 0) is 75.1 Å². The highest BCUT2D eigenvalue weighted by Crippen LogP contribution is 2.29. The summed E-state index contributed by atoms with van der Waals surface area (Å²) in [4.78, 5) is 39.2. The van der Waals surface area contributed by atoms with Gasteiger partial charge in [0.2, 0.25) is 11.8 Å². The van der Waals surface area contributed by atoms with E-state index >= 15 is 0 Å². The van der Waals surface area contributed by atoms with Crippen LogP contribution in [0.1, 0.15) is 56.1 Å². The highest BCUT2D eigenvalue weighted by molar-refractivity contribution is 5.96. The molecule has 5 rings (SSSR count). The topological polar surface area (TPSA) is 70.9 Å². The molecule has 3 aromatic carbocycles. The Morgan fingerprint density at radius 1 is 0.911 bits per heavy atom. The number of fused-ring (bicyclic) bond motifs is 2. The van der Waals surface area contributed by atoms with Crippen molar-refractivity contribution in [2.24, 2.45) is 0 Å². The van der Waals surface area contributed by atoms with Crippen LogP contribution < -0.4 is 9.64 Å². The summed E-state index contributed by atoms with van der Waals surface area (Å²) in [6.07, 6.45) is 2.11. The van der Waals surface area contributed by atoms with E-state index in [9.17, 15) is 9.59 Å². The molecule has 45 heavy (non-hydrogen) atoms. The van der Waals surface area contributed by atoms with E-state index in [1.165, 1.54) is 0 Å². The summed E-state index contributed by atoms with van der Waals surface area (Å²) in [5.41, 5.74) is 6.00. The van der Waals surface area contributed by atoms with Gasteiger partial charge in [0.15, 0.2) is 0 Å². The van der Waals surface area contributed by atoms with Crippen molar-refractivity contribution in [2.45, 2.75) is 72.5 Å². The average Bonchev–Trinajstić information content (AvgIpc) is 3.39. The number of benzene rings is 3. The number of rotatable bonds is 8. The minimum absolute atomic E-state index is 0.0578. The number of hydrogen-bond donors (Lipinski definition) is 0. The van der Waals surface area contributed by atoms with Crippen molar-refractivity contribution in [3.05, 3.63) is 89.2 Å². The number of carbonyl (C=O) groups excluding carboxylic acids is 2. The largest absolute Gasteiger partial charge is 0.497 e. The first-order chi connectivity index (χ1) is 21.8. The van der Waals surface area contributed by atoms with E-state index in [4.69, 9.17) is 9.72 Å². The van der Waals surface area contributed by atoms with E-state index in [1.807, 2.05) is 58.3 Å². The third kappa shape index (κ3) is 7.56. The van der Waals surface area contributed by atoms with E-state index in [0.717, 1.165) is 71.0 Å². The summed E-state index contributed by atoms with van der Waals surface area (Å²) in [6, 6.07) is 22.4. The number of anilines is 1. The fraction of sp³-hybridized carbons (Fsp3) is 0.432. The van der Waals surface area contributed by atoms with Gasteiger partial charge in [-0.2, -0.15) is 0 Å². The summed E-state index contributed by atoms with van der Waals surface area (Å²) in [5.74, 6) is 1.88. The van der Waals surface area contributed by atoms with Crippen molar-refractivity contribution >= 4 is 28.5 Å². The molecule has 0 N–H and O–H groups in total. The molecule has 0 atom stereocenters. The molecule has 2 heterocycles. The molecular weight excluding hydrogens is 562 g/mol. The Hall–Kier alpha value is -4.17. The summed E-state index contributed by atoms with van der Waals surface area (Å²) >= 11 is 0. The van der Waals surface area contributed by atoms with Gasteiger partial charge in [-0.25, -0.2) is 4.98 Å². The SMILES string of the molecule is CCn1c(CCC(=O)N2CCN(C(C)C)CCCN(C(=O)Cc3ccc(OC)cc3)c3c(C)cccc3C2)nc2ccccc21. The molecule has 0 radical (unpaired) electrons. The zero-order valence-corrected chi connectivity index (χ0v) is 27.5. The molecule has 0 fully saturated rings. The predicted molar refractivity (Wildman–Crippen MR) is 181 cm³/mol. The van der Waals surface area contributed by atoms with Crippen molar-refractivity contribution < 1.29 is 14.3 Å². The molecule has 1 aliphatic heterocycles. The first-order valence-corrected chi connectivity index (χ1v) is 16.3. The zero-order chi connectivity index (χ0) is 31.9. The van der Waals surface area contributed by atoms with Gasteiger partial charge in [0.25, 0.3) is 0 Å². The normalized spacial score (nSPS) is 14.8. The highest BCUT2D eigenvalue weighted by Gasteiger charge is 2.26. The Morgan fingerprint density at radius 2 is 1.69 bits per heavy atom. The lowest BCUT2D eigenvalue weighted by atomic mass is 10.0. The molecule has 2 amide bonds. The van der Waals surface area contributed by atoms with Crippen molar-refractivity contribution in [1.29, 1.82) is 0 Å². The third-order valence-corrected chi connectivity index (χ3v) is 8.95. The molecular formula is C37H47N5O3. The maximum Gasteiger partial charge on any atom is 0.231 e. The molecule has 0 spiro atoms. The lowest BCUT2D eigenvalue weighted by molar-refractivity contribution is -0.132. The summed E-state index contributed by atoms with van der Waals surface area (Å²) in [5, 5.41) is 0. The molecule has 4 aromatic rings. The van der Waals surface area contributed by atoms with Gasteiger partial charge < -0.3 is 19.1 Å². The van der Waals surface area contributed by atoms with Crippen LogP contribution in [0.5, 0.6) is 5.75 Å². The van der Waals surface area contributed by atoms with Crippen LogP contribution in [-0.4, -0.2) is 70.5 Å². The summed E-state index contributed by atoms with van der Waals surface area (Å²) in [7, 11) is 1.64. The second-order valence-electron chi connectivity index (χ2n) is 12.2. The van der Waals surface area contributed by atoms with Crippen LogP contribution in [-0.2, 0) is 35.5 Å². The standard InChI is InChI=1S/C37H47N5O3/c1-6-41-33-14-8-7-13-32(33)38-34(41)19-20-35(43)40-24-23-39(27(2)3)21-10-22-42(37-28(4)11-9-12-30(37)26-40)36(44)25-29-15-17-31(45-5)18-16-29/h7-9,11-18,27H,6,10,19-26H2,1-5H3. The zero-order valence-electron chi connectivity index (χ0n) is 27.5. The monoisotopic (exact) mass is 609 g/mol. The maximum atomic E-state index is 14.0. The minimum atomic E-state index is 0.0578. The van der Waals surface area contributed by atoms with E-state index < -0.39 is 0 Å². The molecule has 0 aliphatic carbocycles. The van der Waals surface area contributed by atoms with E-state index in [2.05, 4.69) is 55.4 Å². The Kier molecular flexibility index (Phi) is 10.6. The van der Waals surface area contributed by atoms with Crippen molar-refractivity contribution in [1.82, 2.24) is 19.4 Å². The van der Waals surface area contributed by atoms with Gasteiger partial charge in [-0.15, -0.1) is 0 Å². The van der Waals surface area contributed by atoms with Gasteiger partial charge in [-0.3, -0.25) is 14.5 Å². The Bertz CT molecular complexity index is 1610. The van der Waals surface area contributed by atoms with Gasteiger partial charge in [0.05, 0.1) is 30.3 Å². The Morgan fingerprint density at radius 3 is 2.42 bits per heavy atom. The van der Waals surface area contributed by atoms with Gasteiger partial charge in [-0.1, -0.05) is 42.5 Å². The first-order valence-electron chi connectivity index (χ1n) is 16.3. The van der Waals surface area contributed by atoms with Crippen molar-refractivity contribution in [2.75, 3.05) is 38.2 Å². The van der Waals surface area contributed by atoms with E-state index in [1.54, 1.807) is 7.11 Å². The third-order valence-electron chi connectivity index (χ3n) is 8.95. The molecule has 0 bridgehead atoms. The number of methoxy groups -OCH3 is 1. The number of ether oxygens (including phenoxy) is 1. The Labute approximate surface area is 267 Å². The number of nitrogens with zero attached hydrogens (tertiary/aromatic N) is 5. The number of hydrogen-bond acceptors (Lipinski definition) is 5. The lowest BCUT2D eigenvalue weighted by Crippen LogP contribution is -2.41. The summed E-state index contributed by atoms with van der Waals surface area (Å²) < 4.78 is 7.52. The van der Waals surface area contributed by atoms with Gasteiger partial charge in [0, 0.05) is 58.2 Å². The number of carbonyl (C=O) groups is 2. The average molecular weight is 610 g/mol. The lowest BCUT2D eigenvalue weighted by Gasteiger charge is -2.30. The second kappa shape index (κ2) is 14.7. The number of imidazole rings is 1. The van der Waals surface area contributed by atoms with Crippen LogP contribution in [0, 0.1) is 6.92 Å². The molecule has 238 valence electrons. The molecule has 1 aliphatic rings. The molecule has 0 saturated carbocycles. The fourth-order valence-electron chi connectivity index (χ4n) is 6.46. The van der Waals surface area contributed by atoms with Crippen LogP contribution in [0.4, 0.5) is 5.69 Å². The minimum Gasteiger partial charge on any atom is -0.497 e. The Balaban J connectivity index is 1.42. The number of para-hydroxylation sites is 3. The summed E-state index contributed by atoms with van der Waals surface area (Å²) in [6.45, 7) is 12.8. The van der Waals surface area contributed by atoms with Crippen LogP contribution >= 0.6 is 0 Å². The van der Waals surface area contributed by atoms with Gasteiger partial charge in [0.1, 0.15) is 11.6 Å². The second-order valence-corrected chi connectivity index (χ2v) is 12.2. The molecule has 0 saturated heterocycles. The smallest absolute Gasteiger partial charge is 0.231 e. The highest BCUT2D eigenvalue weighted by atomic mass is 16.5. The number of aromatic nitrogens is 2. The maximum absolute atomic E-state index is 14.0. The number of amides is 2. The quantitative estimate of drug-likeness (QED) is 0.244. The van der Waals surface area contributed by atoms with Crippen molar-refractivity contribution in [3.63, 3.8) is 0 Å². The first kappa shape index (κ1) is 32.2. The predicted octanol–water partition coefficient (Wildman–Crippen LogP) is 6.02. The number of aryl methyl sites for hydroxylation is 3. The van der Waals surface area contributed by atoms with Crippen LogP contribution in [0.3, 0.4) is 0 Å². The van der Waals surface area contributed by atoms with Crippen LogP contribution in [0.25, 0.3) is 11.0 Å². The van der Waals surface area contributed by atoms with E-state index in [0.29, 0.717) is 44.9 Å². The molecule has 1 aromatic heterocycles. The molecule has 8 heteroatoms. The molecule has 8 nitrogen and oxygen atoms in total. The van der Waals surface area contributed by atoms with Crippen LogP contribution in [0.15, 0.2) is 66.7 Å². The fourth-order valence-corrected chi connectivity index (χ4v) is 6.46. The van der Waals surface area contributed by atoms with Crippen LogP contribution in [0.2, 0.25) is 0 Å². The van der Waals surface area contributed by atoms with E-state index in [-0.39, 0.29) is 11.8 Å².